The van der Waals surface area contributed by atoms with Gasteiger partial charge in [0.2, 0.25) is 5.91 Å². The number of piperazine rings is 1. The molecule has 1 aliphatic rings. The van der Waals surface area contributed by atoms with Crippen LogP contribution in [0, 0.1) is 0 Å². The first kappa shape index (κ1) is 22.1. The molecule has 1 fully saturated rings. The van der Waals surface area contributed by atoms with Crippen LogP contribution in [0.3, 0.4) is 0 Å². The van der Waals surface area contributed by atoms with Crippen molar-refractivity contribution < 1.29 is 9.59 Å². The van der Waals surface area contributed by atoms with E-state index in [0.29, 0.717) is 36.9 Å². The summed E-state index contributed by atoms with van der Waals surface area (Å²) < 4.78 is 0. The lowest BCUT2D eigenvalue weighted by molar-refractivity contribution is -0.117. The average molecular weight is 448 g/mol. The second-order valence-electron chi connectivity index (χ2n) is 7.92. The van der Waals surface area contributed by atoms with E-state index in [1.165, 1.54) is 5.56 Å². The van der Waals surface area contributed by atoms with Gasteiger partial charge < -0.3 is 10.2 Å². The smallest absolute Gasteiger partial charge is 0.254 e. The first-order valence-corrected chi connectivity index (χ1v) is 11.2. The van der Waals surface area contributed by atoms with E-state index in [-0.39, 0.29) is 18.4 Å². The third-order valence-electron chi connectivity index (χ3n) is 5.66. The van der Waals surface area contributed by atoms with Crippen LogP contribution in [0.15, 0.2) is 78.9 Å². The van der Waals surface area contributed by atoms with Crippen LogP contribution in [-0.4, -0.2) is 54.3 Å². The molecule has 1 aliphatic heterocycles. The van der Waals surface area contributed by atoms with Crippen molar-refractivity contribution in [3.8, 4) is 0 Å². The van der Waals surface area contributed by atoms with E-state index in [1.807, 2.05) is 59.5 Å². The molecule has 0 radical (unpaired) electrons. The molecule has 0 aromatic heterocycles. The molecule has 0 saturated carbocycles. The number of hydrogen-bond acceptors (Lipinski definition) is 3. The van der Waals surface area contributed by atoms with Gasteiger partial charge in [0.25, 0.3) is 5.91 Å². The molecule has 1 saturated heterocycles. The van der Waals surface area contributed by atoms with E-state index in [0.717, 1.165) is 17.5 Å². The second kappa shape index (κ2) is 10.4. The molecule has 3 aromatic rings. The van der Waals surface area contributed by atoms with Gasteiger partial charge in [0, 0.05) is 31.7 Å². The zero-order valence-electron chi connectivity index (χ0n) is 17.8. The Morgan fingerprint density at radius 2 is 1.47 bits per heavy atom. The lowest BCUT2D eigenvalue weighted by Gasteiger charge is -2.34. The van der Waals surface area contributed by atoms with Gasteiger partial charge in [0.1, 0.15) is 0 Å². The summed E-state index contributed by atoms with van der Waals surface area (Å²) in [5, 5.41) is 3.37. The summed E-state index contributed by atoms with van der Waals surface area (Å²) in [4.78, 5) is 29.6. The van der Waals surface area contributed by atoms with Crippen molar-refractivity contribution >= 4 is 29.1 Å². The molecule has 0 aliphatic carbocycles. The summed E-state index contributed by atoms with van der Waals surface area (Å²) >= 11 is 6.11. The minimum Gasteiger partial charge on any atom is -0.336 e. The molecule has 0 atom stereocenters. The van der Waals surface area contributed by atoms with Crippen molar-refractivity contribution in [2.24, 2.45) is 0 Å². The molecule has 0 bridgehead atoms. The van der Waals surface area contributed by atoms with E-state index < -0.39 is 0 Å². The third kappa shape index (κ3) is 5.55. The largest absolute Gasteiger partial charge is 0.336 e. The summed E-state index contributed by atoms with van der Waals surface area (Å²) in [6.45, 7) is 2.78. The summed E-state index contributed by atoms with van der Waals surface area (Å²) in [6.07, 6.45) is 0.727. The number of hydrogen-bond donors (Lipinski definition) is 1. The molecule has 1 heterocycles. The minimum atomic E-state index is -0.105. The quantitative estimate of drug-likeness (QED) is 0.612. The number of carbonyl (C=O) groups is 2. The lowest BCUT2D eigenvalue weighted by atomic mass is 9.99. The highest BCUT2D eigenvalue weighted by Gasteiger charge is 2.24. The van der Waals surface area contributed by atoms with Crippen LogP contribution in [0.1, 0.15) is 21.5 Å². The van der Waals surface area contributed by atoms with Gasteiger partial charge in [0.05, 0.1) is 17.3 Å². The van der Waals surface area contributed by atoms with Gasteiger partial charge in [-0.2, -0.15) is 0 Å². The molecule has 5 nitrogen and oxygen atoms in total. The van der Waals surface area contributed by atoms with Gasteiger partial charge in [-0.3, -0.25) is 14.5 Å². The number of amides is 2. The molecule has 164 valence electrons. The van der Waals surface area contributed by atoms with Crippen LogP contribution >= 0.6 is 11.6 Å². The monoisotopic (exact) mass is 447 g/mol. The van der Waals surface area contributed by atoms with Crippen molar-refractivity contribution in [1.82, 2.24) is 9.80 Å². The van der Waals surface area contributed by atoms with E-state index >= 15 is 0 Å². The maximum atomic E-state index is 13.2. The topological polar surface area (TPSA) is 52.7 Å². The Balaban J connectivity index is 1.33. The van der Waals surface area contributed by atoms with E-state index in [2.05, 4.69) is 22.3 Å². The number of para-hydroxylation sites is 1. The highest BCUT2D eigenvalue weighted by Crippen LogP contribution is 2.21. The Morgan fingerprint density at radius 1 is 0.812 bits per heavy atom. The highest BCUT2D eigenvalue weighted by molar-refractivity contribution is 6.33. The Morgan fingerprint density at radius 3 is 2.22 bits per heavy atom. The second-order valence-corrected chi connectivity index (χ2v) is 8.32. The van der Waals surface area contributed by atoms with Crippen molar-refractivity contribution in [2.75, 3.05) is 38.0 Å². The average Bonchev–Trinajstić information content (AvgIpc) is 2.82. The Bertz CT molecular complexity index is 1080. The Labute approximate surface area is 193 Å². The van der Waals surface area contributed by atoms with Gasteiger partial charge in [-0.25, -0.2) is 0 Å². The number of halogens is 1. The van der Waals surface area contributed by atoms with Crippen molar-refractivity contribution in [3.05, 3.63) is 101 Å². The van der Waals surface area contributed by atoms with Crippen LogP contribution < -0.4 is 5.32 Å². The number of carbonyl (C=O) groups excluding carboxylic acids is 2. The van der Waals surface area contributed by atoms with Crippen LogP contribution in [0.5, 0.6) is 0 Å². The lowest BCUT2D eigenvalue weighted by Crippen LogP contribution is -2.50. The molecule has 1 N–H and O–H groups in total. The number of nitrogens with one attached hydrogen (secondary N) is 1. The maximum Gasteiger partial charge on any atom is 0.254 e. The summed E-state index contributed by atoms with van der Waals surface area (Å²) in [5.41, 5.74) is 3.58. The predicted molar refractivity (Wildman–Crippen MR) is 128 cm³/mol. The first-order valence-electron chi connectivity index (χ1n) is 10.8. The maximum absolute atomic E-state index is 13.2. The van der Waals surface area contributed by atoms with Crippen molar-refractivity contribution in [1.29, 1.82) is 0 Å². The molecule has 4 rings (SSSR count). The molecule has 32 heavy (non-hydrogen) atoms. The van der Waals surface area contributed by atoms with E-state index in [9.17, 15) is 9.59 Å². The normalized spacial score (nSPS) is 14.2. The van der Waals surface area contributed by atoms with Gasteiger partial charge in [-0.05, 0) is 35.7 Å². The highest BCUT2D eigenvalue weighted by atomic mass is 35.5. The molecular formula is C26H26ClN3O2. The van der Waals surface area contributed by atoms with Crippen molar-refractivity contribution in [2.45, 2.75) is 6.42 Å². The van der Waals surface area contributed by atoms with Crippen LogP contribution in [0.25, 0.3) is 0 Å². The van der Waals surface area contributed by atoms with Crippen molar-refractivity contribution in [3.63, 3.8) is 0 Å². The fourth-order valence-corrected chi connectivity index (χ4v) is 4.12. The molecule has 0 spiro atoms. The summed E-state index contributed by atoms with van der Waals surface area (Å²) in [5.74, 6) is -0.0530. The standard InChI is InChI=1S/C26H26ClN3O2/c27-23-12-6-7-13-24(23)28-25(31)19-29-14-16-30(17-15-29)26(32)22-11-5-4-10-21(22)18-20-8-2-1-3-9-20/h1-13H,14-19H2,(H,28,31). The van der Waals surface area contributed by atoms with Crippen LogP contribution in [0.2, 0.25) is 5.02 Å². The molecule has 3 aromatic carbocycles. The minimum absolute atomic E-state index is 0.0525. The SMILES string of the molecule is O=C(CN1CCN(C(=O)c2ccccc2Cc2ccccc2)CC1)Nc1ccccc1Cl. The molecular weight excluding hydrogens is 422 g/mol. The fourth-order valence-electron chi connectivity index (χ4n) is 3.93. The van der Waals surface area contributed by atoms with E-state index in [4.69, 9.17) is 11.6 Å². The zero-order valence-corrected chi connectivity index (χ0v) is 18.6. The predicted octanol–water partition coefficient (Wildman–Crippen LogP) is 4.33. The van der Waals surface area contributed by atoms with Gasteiger partial charge >= 0.3 is 0 Å². The number of benzene rings is 3. The molecule has 6 heteroatoms. The van der Waals surface area contributed by atoms with Gasteiger partial charge in [-0.1, -0.05) is 72.3 Å². The zero-order chi connectivity index (χ0) is 22.3. The fraction of sp³-hybridized carbons (Fsp3) is 0.231. The Kier molecular flexibility index (Phi) is 7.20. The third-order valence-corrected chi connectivity index (χ3v) is 5.99. The molecule has 0 unspecified atom stereocenters. The number of nitrogens with zero attached hydrogens (tertiary/aromatic N) is 2. The number of anilines is 1. The van der Waals surface area contributed by atoms with Gasteiger partial charge in [0.15, 0.2) is 0 Å². The summed E-state index contributed by atoms with van der Waals surface area (Å²) in [7, 11) is 0. The number of rotatable bonds is 6. The van der Waals surface area contributed by atoms with Crippen LogP contribution in [0.4, 0.5) is 5.69 Å². The molecule has 2 amide bonds. The Hall–Kier alpha value is -3.15. The van der Waals surface area contributed by atoms with E-state index in [1.54, 1.807) is 12.1 Å². The van der Waals surface area contributed by atoms with Crippen LogP contribution in [-0.2, 0) is 11.2 Å². The van der Waals surface area contributed by atoms with Gasteiger partial charge in [-0.15, -0.1) is 0 Å². The first-order chi connectivity index (χ1) is 15.6. The summed E-state index contributed by atoms with van der Waals surface area (Å²) in [6, 6.07) is 25.2.